The molecule has 5 nitrogen and oxygen atoms in total. The normalized spacial score (nSPS) is 21.3. The van der Waals surface area contributed by atoms with Gasteiger partial charge in [-0.15, -0.1) is 11.8 Å². The van der Waals surface area contributed by atoms with Crippen LogP contribution >= 0.6 is 11.8 Å². The van der Waals surface area contributed by atoms with Gasteiger partial charge in [-0.3, -0.25) is 9.69 Å². The molecule has 29 heavy (non-hydrogen) atoms. The van der Waals surface area contributed by atoms with E-state index < -0.39 is 18.1 Å². The lowest BCUT2D eigenvalue weighted by Gasteiger charge is -2.48. The molecule has 2 aliphatic rings. The Morgan fingerprint density at radius 2 is 1.72 bits per heavy atom. The van der Waals surface area contributed by atoms with Crippen molar-refractivity contribution in [3.05, 3.63) is 95.2 Å². The highest BCUT2D eigenvalue weighted by Gasteiger charge is 2.52. The summed E-state index contributed by atoms with van der Waals surface area (Å²) in [5.41, 5.74) is 8.75. The topological polar surface area (TPSA) is 72.6 Å². The van der Waals surface area contributed by atoms with Gasteiger partial charge in [0, 0.05) is 5.75 Å². The van der Waals surface area contributed by atoms with Crippen molar-refractivity contribution in [3.8, 4) is 0 Å². The minimum Gasteiger partial charge on any atom is -0.448 e. The Labute approximate surface area is 174 Å². The molecule has 4 rings (SSSR count). The largest absolute Gasteiger partial charge is 0.448 e. The Kier molecular flexibility index (Phi) is 5.56. The Bertz CT molecular complexity index is 933. The van der Waals surface area contributed by atoms with E-state index in [1.807, 2.05) is 79.7 Å². The average molecular weight is 407 g/mol. The maximum atomic E-state index is 13.3. The van der Waals surface area contributed by atoms with Gasteiger partial charge < -0.3 is 10.5 Å². The van der Waals surface area contributed by atoms with Crippen LogP contribution in [0.15, 0.2) is 84.1 Å². The molecule has 2 aromatic carbocycles. The molecule has 148 valence electrons. The van der Waals surface area contributed by atoms with Crippen molar-refractivity contribution < 1.29 is 14.3 Å². The quantitative estimate of drug-likeness (QED) is 0.609. The number of hydrogen-bond acceptors (Lipinski definition) is 5. The Hall–Kier alpha value is -2.83. The zero-order valence-corrected chi connectivity index (χ0v) is 16.8. The third-order valence-electron chi connectivity index (χ3n) is 5.03. The Morgan fingerprint density at radius 3 is 2.28 bits per heavy atom. The number of rotatable bonds is 5. The van der Waals surface area contributed by atoms with Gasteiger partial charge >= 0.3 is 5.97 Å². The highest BCUT2D eigenvalue weighted by molar-refractivity contribution is 8.00. The van der Waals surface area contributed by atoms with Crippen LogP contribution in [0.25, 0.3) is 0 Å². The molecule has 2 aromatic rings. The second-order valence-electron chi connectivity index (χ2n) is 6.92. The fourth-order valence-electron chi connectivity index (χ4n) is 3.61. The number of ether oxygens (including phenoxy) is 1. The van der Waals surface area contributed by atoms with Gasteiger partial charge in [-0.05, 0) is 23.6 Å². The lowest BCUT2D eigenvalue weighted by atomic mass is 10.0. The molecule has 1 fully saturated rings. The second-order valence-corrected chi connectivity index (χ2v) is 8.02. The number of allylic oxidation sites excluding steroid dienone is 2. The van der Waals surface area contributed by atoms with Crippen molar-refractivity contribution in [3.63, 3.8) is 0 Å². The molecule has 6 heteroatoms. The first-order chi connectivity index (χ1) is 14.1. The van der Waals surface area contributed by atoms with E-state index in [0.717, 1.165) is 16.7 Å². The van der Waals surface area contributed by atoms with E-state index >= 15 is 0 Å². The van der Waals surface area contributed by atoms with Gasteiger partial charge in [0.25, 0.3) is 0 Å². The second kappa shape index (κ2) is 8.27. The molecule has 0 aromatic heterocycles. The van der Waals surface area contributed by atoms with Crippen molar-refractivity contribution in [1.82, 2.24) is 4.90 Å². The fourth-order valence-corrected chi connectivity index (χ4v) is 4.87. The number of carbonyl (C=O) groups excluding carboxylic acids is 2. The summed E-state index contributed by atoms with van der Waals surface area (Å²) in [6.07, 6.45) is 3.15. The summed E-state index contributed by atoms with van der Waals surface area (Å²) in [6, 6.07) is 18.6. The lowest BCUT2D eigenvalue weighted by Crippen LogP contribution is -2.68. The number of esters is 1. The number of carbonyl (C=O) groups is 2. The summed E-state index contributed by atoms with van der Waals surface area (Å²) >= 11 is 1.57. The van der Waals surface area contributed by atoms with Crippen LogP contribution in [0.1, 0.15) is 24.2 Å². The number of benzene rings is 2. The molecule has 2 heterocycles. The first kappa shape index (κ1) is 19.5. The van der Waals surface area contributed by atoms with Crippen LogP contribution in [0, 0.1) is 0 Å². The van der Waals surface area contributed by atoms with Crippen LogP contribution in [-0.4, -0.2) is 33.9 Å². The zero-order valence-electron chi connectivity index (χ0n) is 16.0. The number of amides is 1. The predicted octanol–water partition coefficient (Wildman–Crippen LogP) is 3.39. The first-order valence-electron chi connectivity index (χ1n) is 9.48. The van der Waals surface area contributed by atoms with E-state index in [-0.39, 0.29) is 11.3 Å². The molecule has 0 radical (unpaired) electrons. The summed E-state index contributed by atoms with van der Waals surface area (Å²) in [6.45, 7) is 1.88. The SMILES string of the molecule is C/C=C\C1=C(C(=O)OC(c2ccccc2)c2ccccc2)N2C(=O)[C@@H](N)[C@H]2SC1. The van der Waals surface area contributed by atoms with Gasteiger partial charge in [-0.2, -0.15) is 0 Å². The molecule has 0 spiro atoms. The van der Waals surface area contributed by atoms with E-state index in [1.165, 1.54) is 4.90 Å². The van der Waals surface area contributed by atoms with Gasteiger partial charge in [0.2, 0.25) is 5.91 Å². The van der Waals surface area contributed by atoms with Gasteiger partial charge in [0.15, 0.2) is 6.10 Å². The number of thioether (sulfide) groups is 1. The molecular weight excluding hydrogens is 384 g/mol. The fraction of sp³-hybridized carbons (Fsp3) is 0.217. The molecule has 0 unspecified atom stereocenters. The number of nitrogens with two attached hydrogens (primary N) is 1. The van der Waals surface area contributed by atoms with Crippen LogP contribution in [0.5, 0.6) is 0 Å². The molecule has 0 bridgehead atoms. The van der Waals surface area contributed by atoms with Crippen LogP contribution in [0.4, 0.5) is 0 Å². The van der Waals surface area contributed by atoms with Crippen molar-refractivity contribution in [2.24, 2.45) is 5.73 Å². The first-order valence-corrected chi connectivity index (χ1v) is 10.5. The number of nitrogens with zero attached hydrogens (tertiary/aromatic N) is 1. The lowest BCUT2D eigenvalue weighted by molar-refractivity contribution is -0.153. The number of fused-ring (bicyclic) bond motifs is 1. The monoisotopic (exact) mass is 406 g/mol. The molecule has 2 aliphatic heterocycles. The molecule has 1 amide bonds. The van der Waals surface area contributed by atoms with Gasteiger partial charge in [-0.25, -0.2) is 4.79 Å². The summed E-state index contributed by atoms with van der Waals surface area (Å²) in [4.78, 5) is 27.2. The summed E-state index contributed by atoms with van der Waals surface area (Å²) in [5, 5.41) is -0.217. The smallest absolute Gasteiger partial charge is 0.356 e. The van der Waals surface area contributed by atoms with Gasteiger partial charge in [0.05, 0.1) is 0 Å². The van der Waals surface area contributed by atoms with Crippen LogP contribution in [0.2, 0.25) is 0 Å². The summed E-state index contributed by atoms with van der Waals surface area (Å²) < 4.78 is 6.00. The Morgan fingerprint density at radius 1 is 1.14 bits per heavy atom. The third-order valence-corrected chi connectivity index (χ3v) is 6.35. The number of hydrogen-bond donors (Lipinski definition) is 1. The molecule has 2 N–H and O–H groups in total. The van der Waals surface area contributed by atoms with Gasteiger partial charge in [-0.1, -0.05) is 72.8 Å². The van der Waals surface area contributed by atoms with E-state index in [4.69, 9.17) is 10.5 Å². The van der Waals surface area contributed by atoms with E-state index in [0.29, 0.717) is 11.4 Å². The zero-order chi connectivity index (χ0) is 20.4. The Balaban J connectivity index is 1.70. The minimum atomic E-state index is -0.575. The number of β-lactam (4-membered cyclic amide) rings is 1. The van der Waals surface area contributed by atoms with E-state index in [9.17, 15) is 9.59 Å². The van der Waals surface area contributed by atoms with E-state index in [1.54, 1.807) is 11.8 Å². The highest BCUT2D eigenvalue weighted by Crippen LogP contribution is 2.41. The predicted molar refractivity (Wildman–Crippen MR) is 114 cm³/mol. The van der Waals surface area contributed by atoms with Gasteiger partial charge in [0.1, 0.15) is 17.1 Å². The molecule has 2 atom stereocenters. The van der Waals surface area contributed by atoms with Crippen LogP contribution < -0.4 is 5.73 Å². The summed E-state index contributed by atoms with van der Waals surface area (Å²) in [7, 11) is 0. The molecular formula is C23H22N2O3S. The van der Waals surface area contributed by atoms with Crippen molar-refractivity contribution in [2.45, 2.75) is 24.4 Å². The molecule has 0 saturated carbocycles. The van der Waals surface area contributed by atoms with Crippen LogP contribution in [0.3, 0.4) is 0 Å². The van der Waals surface area contributed by atoms with Crippen LogP contribution in [-0.2, 0) is 14.3 Å². The van der Waals surface area contributed by atoms with E-state index in [2.05, 4.69) is 0 Å². The molecule has 1 saturated heterocycles. The highest BCUT2D eigenvalue weighted by atomic mass is 32.2. The average Bonchev–Trinajstić information content (AvgIpc) is 2.77. The molecule has 0 aliphatic carbocycles. The maximum Gasteiger partial charge on any atom is 0.356 e. The minimum absolute atomic E-state index is 0.217. The van der Waals surface area contributed by atoms with Crippen molar-refractivity contribution in [1.29, 1.82) is 0 Å². The third kappa shape index (κ3) is 3.61. The van der Waals surface area contributed by atoms with Crippen molar-refractivity contribution >= 4 is 23.6 Å². The standard InChI is InChI=1S/C23H22N2O3S/c1-2-9-17-14-29-22-18(24)21(26)25(22)19(17)23(27)28-20(15-10-5-3-6-11-15)16-12-7-4-8-13-16/h2-13,18,20,22H,14,24H2,1H3/b9-2-/t18-,22-/m1/s1. The summed E-state index contributed by atoms with van der Waals surface area (Å²) in [5.74, 6) is -0.147. The maximum absolute atomic E-state index is 13.3. The van der Waals surface area contributed by atoms with Crippen molar-refractivity contribution in [2.75, 3.05) is 5.75 Å².